The molecule has 7 aliphatic rings. The van der Waals surface area contributed by atoms with Gasteiger partial charge in [0.25, 0.3) is 0 Å². The van der Waals surface area contributed by atoms with Crippen LogP contribution in [-0.4, -0.2) is 174 Å². The molecule has 4 aliphatic heterocycles. The number of fused-ring (bicyclic) bond motifs is 1. The highest BCUT2D eigenvalue weighted by Crippen LogP contribution is 2.54. The van der Waals surface area contributed by atoms with Crippen LogP contribution >= 0.6 is 69.6 Å². The summed E-state index contributed by atoms with van der Waals surface area (Å²) in [5.74, 6) is -0.252. The SMILES string of the molecule is CCOC(=O)C[C@@H](c1cc(Cl)cc(Cl)c1)N(C)C1CC2(C1)CN(C(=O)OC(C)(C)C)C2.CCOC(=O)C[C@H](NC1CC2(C1)CN(C(=O)OC(C)(C)C)C2)c1cc(Cl)cc(Cl)c1.CN(C1CC2(C1)CN(CCc1ccc3c(n1)NCCC3)C2)[C@@H](CC(=O)O)c1cc(Cl)cc(Cl)c1. The van der Waals surface area contributed by atoms with Crippen molar-refractivity contribution in [2.24, 2.45) is 16.2 Å². The molecule has 11 rings (SSSR count). The molecule has 3 aliphatic carbocycles. The van der Waals surface area contributed by atoms with Crippen LogP contribution in [0.4, 0.5) is 15.4 Å². The predicted molar refractivity (Wildman–Crippen MR) is 374 cm³/mol. The summed E-state index contributed by atoms with van der Waals surface area (Å²) >= 11 is 37.2. The van der Waals surface area contributed by atoms with Gasteiger partial charge in [0.15, 0.2) is 0 Å². The van der Waals surface area contributed by atoms with Crippen LogP contribution in [0.25, 0.3) is 0 Å². The zero-order valence-electron chi connectivity index (χ0n) is 56.4. The second kappa shape index (κ2) is 31.1. The lowest BCUT2D eigenvalue weighted by molar-refractivity contribution is -0.147. The molecule has 6 fully saturated rings. The number of carboxylic acid groups (broad SMARTS) is 1. The number of likely N-dealkylation sites (tertiary alicyclic amines) is 3. The van der Waals surface area contributed by atoms with E-state index in [2.05, 4.69) is 37.5 Å². The first-order valence-corrected chi connectivity index (χ1v) is 35.5. The average Bonchev–Trinajstić information content (AvgIpc) is 0.745. The number of aryl methyl sites for hydroxylation is 1. The number of benzene rings is 3. The Bertz CT molecular complexity index is 3320. The monoisotopic (exact) mass is 1430 g/mol. The number of anilines is 1. The maximum atomic E-state index is 12.3. The van der Waals surface area contributed by atoms with Gasteiger partial charge in [-0.2, -0.15) is 0 Å². The Labute approximate surface area is 590 Å². The first kappa shape index (κ1) is 74.4. The van der Waals surface area contributed by atoms with Crippen molar-refractivity contribution < 1.29 is 48.0 Å². The molecule has 520 valence electrons. The number of nitrogens with zero attached hydrogens (tertiary/aromatic N) is 6. The number of hydrogen-bond donors (Lipinski definition) is 3. The van der Waals surface area contributed by atoms with Crippen LogP contribution in [0.5, 0.6) is 0 Å². The van der Waals surface area contributed by atoms with Gasteiger partial charge < -0.3 is 49.4 Å². The number of aromatic nitrogens is 1. The molecule has 95 heavy (non-hydrogen) atoms. The van der Waals surface area contributed by atoms with Gasteiger partial charge in [-0.15, -0.1) is 0 Å². The number of carbonyl (C=O) groups is 5. The number of aliphatic carboxylic acids is 1. The normalized spacial score (nSPS) is 20.7. The number of rotatable bonds is 20. The molecule has 24 heteroatoms. The van der Waals surface area contributed by atoms with E-state index >= 15 is 0 Å². The fourth-order valence-electron chi connectivity index (χ4n) is 14.9. The molecule has 3 saturated heterocycles. The molecular formula is C71H94Cl6N8O10. The number of ether oxygens (including phenoxy) is 4. The van der Waals surface area contributed by atoms with E-state index in [4.69, 9.17) is 93.5 Å². The van der Waals surface area contributed by atoms with Crippen LogP contribution < -0.4 is 10.6 Å². The minimum absolute atomic E-state index is 0.0332. The number of carbonyl (C=O) groups excluding carboxylic acids is 4. The Morgan fingerprint density at radius 1 is 0.611 bits per heavy atom. The molecule has 3 spiro atoms. The van der Waals surface area contributed by atoms with Crippen molar-refractivity contribution in [1.82, 2.24) is 34.8 Å². The molecule has 0 radical (unpaired) electrons. The van der Waals surface area contributed by atoms with E-state index in [0.717, 1.165) is 119 Å². The van der Waals surface area contributed by atoms with E-state index in [1.807, 2.05) is 92.0 Å². The number of carboxylic acids is 1. The van der Waals surface area contributed by atoms with E-state index in [1.54, 1.807) is 41.8 Å². The first-order valence-electron chi connectivity index (χ1n) is 33.2. The molecule has 1 aromatic heterocycles. The van der Waals surface area contributed by atoms with E-state index in [9.17, 15) is 29.1 Å². The van der Waals surface area contributed by atoms with Gasteiger partial charge in [-0.05, 0) is 209 Å². The minimum atomic E-state index is -0.817. The molecule has 3 aromatic carbocycles. The number of nitrogens with one attached hydrogen (secondary N) is 2. The van der Waals surface area contributed by atoms with Gasteiger partial charge in [-0.3, -0.25) is 24.2 Å². The highest BCUT2D eigenvalue weighted by molar-refractivity contribution is 6.35. The van der Waals surface area contributed by atoms with Crippen molar-refractivity contribution in [2.75, 3.05) is 85.0 Å². The maximum Gasteiger partial charge on any atom is 0.410 e. The summed E-state index contributed by atoms with van der Waals surface area (Å²) in [6.45, 7) is 22.7. The van der Waals surface area contributed by atoms with Gasteiger partial charge in [-0.25, -0.2) is 14.6 Å². The fourth-order valence-corrected chi connectivity index (χ4v) is 16.5. The Hall–Kier alpha value is -4.86. The van der Waals surface area contributed by atoms with Crippen molar-refractivity contribution in [3.63, 3.8) is 0 Å². The summed E-state index contributed by atoms with van der Waals surface area (Å²) in [7, 11) is 4.06. The van der Waals surface area contributed by atoms with Gasteiger partial charge in [0, 0.05) is 142 Å². The summed E-state index contributed by atoms with van der Waals surface area (Å²) in [6, 6.07) is 20.8. The number of hydrogen-bond acceptors (Lipinski definition) is 15. The Balaban J connectivity index is 0.000000168. The van der Waals surface area contributed by atoms with E-state index in [-0.39, 0.29) is 78.4 Å². The standard InChI is InChI=1S/C26H32Cl2N4O2.C23H32Cl2N2O4.C22H30Cl2N2O4/c1-31(23(12-24(33)34)18-9-19(27)11-20(28)10-18)22-13-26(14-22)15-32(16-26)8-6-21-5-4-17-3-2-7-29-25(17)30-21;1-6-30-20(28)10-19(15-7-16(24)9-17(25)8-15)26(5)18-11-23(12-18)13-27(14-23)21(29)31-22(2,3)4;1-5-29-19(27)9-18(14-6-15(23)8-16(24)7-14)25-17-10-22(11-17)12-26(13-22)20(28)30-21(2,3)4/h4-5,9-11,22-23H,2-3,6-8,12-16H2,1H3,(H,29,30)(H,33,34);7-9,18-19H,6,10-14H2,1-5H3;6-8,17-18,25H,5,9-13H2,1-4H3/t23-;19-;18-/m000/s1. The quantitative estimate of drug-likeness (QED) is 0.0558. The molecule has 0 unspecified atom stereocenters. The van der Waals surface area contributed by atoms with Crippen LogP contribution in [-0.2, 0) is 46.2 Å². The Morgan fingerprint density at radius 3 is 1.47 bits per heavy atom. The van der Waals surface area contributed by atoms with Gasteiger partial charge in [0.2, 0.25) is 0 Å². The molecule has 5 heterocycles. The highest BCUT2D eigenvalue weighted by atomic mass is 35.5. The molecule has 3 atom stereocenters. The second-order valence-corrected chi connectivity index (χ2v) is 32.1. The first-order chi connectivity index (χ1) is 44.7. The minimum Gasteiger partial charge on any atom is -0.481 e. The summed E-state index contributed by atoms with van der Waals surface area (Å²) in [5.41, 5.74) is 4.84. The Morgan fingerprint density at radius 2 is 1.03 bits per heavy atom. The van der Waals surface area contributed by atoms with Crippen LogP contribution in [0.2, 0.25) is 30.1 Å². The fraction of sp³-hybridized carbons (Fsp3) is 0.606. The molecule has 0 bridgehead atoms. The zero-order chi connectivity index (χ0) is 69.0. The topological polar surface area (TPSA) is 196 Å². The number of esters is 2. The molecule has 3 N–H and O–H groups in total. The highest BCUT2D eigenvalue weighted by Gasteiger charge is 2.57. The van der Waals surface area contributed by atoms with Gasteiger partial charge in [-0.1, -0.05) is 75.7 Å². The van der Waals surface area contributed by atoms with Gasteiger partial charge >= 0.3 is 30.1 Å². The van der Waals surface area contributed by atoms with Crippen LogP contribution in [0.1, 0.15) is 166 Å². The van der Waals surface area contributed by atoms with Crippen molar-refractivity contribution in [2.45, 2.75) is 180 Å². The largest absolute Gasteiger partial charge is 0.481 e. The summed E-state index contributed by atoms with van der Waals surface area (Å²) in [6.07, 6.45) is 9.29. The number of amides is 2. The van der Waals surface area contributed by atoms with E-state index in [1.165, 1.54) is 12.0 Å². The molecule has 4 aromatic rings. The number of halogens is 6. The summed E-state index contributed by atoms with van der Waals surface area (Å²) in [5, 5.41) is 19.7. The van der Waals surface area contributed by atoms with Crippen LogP contribution in [0, 0.1) is 16.2 Å². The van der Waals surface area contributed by atoms with E-state index < -0.39 is 17.2 Å². The maximum absolute atomic E-state index is 12.3. The van der Waals surface area contributed by atoms with Crippen LogP contribution in [0.3, 0.4) is 0 Å². The smallest absolute Gasteiger partial charge is 0.410 e. The zero-order valence-corrected chi connectivity index (χ0v) is 61.0. The third-order valence-corrected chi connectivity index (χ3v) is 20.6. The van der Waals surface area contributed by atoms with Gasteiger partial charge in [0.05, 0.1) is 32.5 Å². The van der Waals surface area contributed by atoms with Crippen molar-refractivity contribution in [3.8, 4) is 0 Å². The predicted octanol–water partition coefficient (Wildman–Crippen LogP) is 15.2. The second-order valence-electron chi connectivity index (χ2n) is 29.5. The third-order valence-electron chi connectivity index (χ3n) is 19.3. The average molecular weight is 1430 g/mol. The lowest BCUT2D eigenvalue weighted by atomic mass is 9.60. The third kappa shape index (κ3) is 20.0. The van der Waals surface area contributed by atoms with Crippen molar-refractivity contribution in [1.29, 1.82) is 0 Å². The lowest BCUT2D eigenvalue weighted by Gasteiger charge is -2.61. The van der Waals surface area contributed by atoms with Crippen molar-refractivity contribution >= 4 is 106 Å². The van der Waals surface area contributed by atoms with Gasteiger partial charge in [0.1, 0.15) is 17.0 Å². The number of pyridine rings is 1. The van der Waals surface area contributed by atoms with E-state index in [0.29, 0.717) is 73.9 Å². The molecule has 3 saturated carbocycles. The lowest BCUT2D eigenvalue weighted by Crippen LogP contribution is -2.67. The summed E-state index contributed by atoms with van der Waals surface area (Å²) in [4.78, 5) is 75.7. The van der Waals surface area contributed by atoms with Crippen LogP contribution in [0.15, 0.2) is 66.7 Å². The molecular weight excluding hydrogens is 1340 g/mol. The van der Waals surface area contributed by atoms with Crippen molar-refractivity contribution in [3.05, 3.63) is 125 Å². The summed E-state index contributed by atoms with van der Waals surface area (Å²) < 4.78 is 21.2. The Kier molecular flexibility index (Phi) is 24.4. The molecule has 18 nitrogen and oxygen atoms in total. The molecule has 2 amide bonds.